The number of sulfonamides is 1. The molecule has 0 saturated carbocycles. The van der Waals surface area contributed by atoms with Crippen molar-refractivity contribution >= 4 is 27.5 Å². The first kappa shape index (κ1) is 26.2. The Morgan fingerprint density at radius 2 is 1.73 bits per heavy atom. The molecule has 0 radical (unpaired) electrons. The summed E-state index contributed by atoms with van der Waals surface area (Å²) in [6.45, 7) is 5.22. The molecule has 2 amide bonds. The van der Waals surface area contributed by atoms with E-state index in [-0.39, 0.29) is 18.5 Å². The van der Waals surface area contributed by atoms with Crippen molar-refractivity contribution in [1.29, 1.82) is 0 Å². The molecule has 8 nitrogen and oxygen atoms in total. The smallest absolute Gasteiger partial charge is 0.244 e. The second-order valence-corrected chi connectivity index (χ2v) is 9.88. The maximum absolute atomic E-state index is 13.4. The van der Waals surface area contributed by atoms with E-state index >= 15 is 0 Å². The monoisotopic (exact) mass is 475 g/mol. The zero-order valence-electron chi connectivity index (χ0n) is 19.8. The topological polar surface area (TPSA) is 96.0 Å². The summed E-state index contributed by atoms with van der Waals surface area (Å²) in [5, 5.41) is 2.90. The van der Waals surface area contributed by atoms with Gasteiger partial charge in [0.15, 0.2) is 0 Å². The molecule has 0 aliphatic rings. The molecule has 0 unspecified atom stereocenters. The molecule has 2 aromatic rings. The number of nitrogens with zero attached hydrogens (tertiary/aromatic N) is 2. The molecule has 1 N–H and O–H groups in total. The largest absolute Gasteiger partial charge is 0.497 e. The van der Waals surface area contributed by atoms with Gasteiger partial charge in [-0.3, -0.25) is 13.9 Å². The fraction of sp³-hybridized carbons (Fsp3) is 0.417. The summed E-state index contributed by atoms with van der Waals surface area (Å²) in [5.74, 6) is -0.309. The van der Waals surface area contributed by atoms with Crippen molar-refractivity contribution in [3.8, 4) is 5.75 Å². The maximum atomic E-state index is 13.4. The number of benzene rings is 2. The van der Waals surface area contributed by atoms with Crippen molar-refractivity contribution in [3.05, 3.63) is 60.2 Å². The predicted octanol–water partition coefficient (Wildman–Crippen LogP) is 2.79. The Kier molecular flexibility index (Phi) is 9.28. The molecule has 2 rings (SSSR count). The minimum absolute atomic E-state index is 0.0436. The van der Waals surface area contributed by atoms with E-state index in [1.165, 1.54) is 12.0 Å². The van der Waals surface area contributed by atoms with Gasteiger partial charge in [0.2, 0.25) is 21.8 Å². The molecular formula is C24H33N3O5S. The van der Waals surface area contributed by atoms with Crippen molar-refractivity contribution < 1.29 is 22.7 Å². The third-order valence-corrected chi connectivity index (χ3v) is 6.53. The Morgan fingerprint density at radius 1 is 1.06 bits per heavy atom. The lowest BCUT2D eigenvalue weighted by Crippen LogP contribution is -2.52. The van der Waals surface area contributed by atoms with Gasteiger partial charge in [-0.25, -0.2) is 8.42 Å². The van der Waals surface area contributed by atoms with Crippen molar-refractivity contribution in [3.63, 3.8) is 0 Å². The number of rotatable bonds is 11. The van der Waals surface area contributed by atoms with Crippen LogP contribution >= 0.6 is 0 Å². The first-order valence-electron chi connectivity index (χ1n) is 10.8. The minimum atomic E-state index is -3.78. The lowest BCUT2D eigenvalue weighted by Gasteiger charge is -2.32. The lowest BCUT2D eigenvalue weighted by atomic mass is 10.1. The number of carbonyl (C=O) groups is 2. The van der Waals surface area contributed by atoms with Crippen molar-refractivity contribution in [2.45, 2.75) is 45.8 Å². The Balaban J connectivity index is 2.37. The van der Waals surface area contributed by atoms with E-state index in [1.807, 2.05) is 44.2 Å². The standard InChI is InChI=1S/C24H33N3O5S/c1-6-18(2)25-24(29)19(3)26(16-20-11-8-7-9-12-20)23(28)17-27(33(5,30)31)21-13-10-14-22(15-21)32-4/h7-15,18-19H,6,16-17H2,1-5H3,(H,25,29)/t18-,19-/m0/s1. The molecule has 0 aliphatic carbocycles. The summed E-state index contributed by atoms with van der Waals surface area (Å²) in [6, 6.07) is 14.9. The van der Waals surface area contributed by atoms with Gasteiger partial charge in [-0.05, 0) is 38.0 Å². The number of carbonyl (C=O) groups excluding carboxylic acids is 2. The van der Waals surface area contributed by atoms with E-state index < -0.39 is 28.5 Å². The van der Waals surface area contributed by atoms with Crippen molar-refractivity contribution in [2.24, 2.45) is 0 Å². The summed E-state index contributed by atoms with van der Waals surface area (Å²) >= 11 is 0. The van der Waals surface area contributed by atoms with Gasteiger partial charge in [-0.1, -0.05) is 43.3 Å². The summed E-state index contributed by atoms with van der Waals surface area (Å²) < 4.78 is 31.4. The van der Waals surface area contributed by atoms with Crippen LogP contribution in [0.4, 0.5) is 5.69 Å². The van der Waals surface area contributed by atoms with Crippen LogP contribution in [0.25, 0.3) is 0 Å². The number of hydrogen-bond donors (Lipinski definition) is 1. The van der Waals surface area contributed by atoms with Gasteiger partial charge in [0.05, 0.1) is 19.1 Å². The molecule has 0 bridgehead atoms. The maximum Gasteiger partial charge on any atom is 0.244 e. The quantitative estimate of drug-likeness (QED) is 0.539. The highest BCUT2D eigenvalue weighted by Crippen LogP contribution is 2.23. The molecule has 2 atom stereocenters. The molecule has 0 aromatic heterocycles. The normalized spacial score (nSPS) is 13.0. The van der Waals surface area contributed by atoms with Gasteiger partial charge in [-0.2, -0.15) is 0 Å². The van der Waals surface area contributed by atoms with Crippen LogP contribution in [0.3, 0.4) is 0 Å². The second kappa shape index (κ2) is 11.7. The Labute approximate surface area is 196 Å². The van der Waals surface area contributed by atoms with Crippen LogP contribution in [-0.2, 0) is 26.2 Å². The van der Waals surface area contributed by atoms with Gasteiger partial charge in [0, 0.05) is 18.7 Å². The lowest BCUT2D eigenvalue weighted by molar-refractivity contribution is -0.139. The fourth-order valence-corrected chi connectivity index (χ4v) is 4.05. The second-order valence-electron chi connectivity index (χ2n) is 7.97. The van der Waals surface area contributed by atoms with Gasteiger partial charge in [0.25, 0.3) is 0 Å². The third kappa shape index (κ3) is 7.49. The average Bonchev–Trinajstić information content (AvgIpc) is 2.80. The SMILES string of the molecule is CC[C@H](C)NC(=O)[C@H](C)N(Cc1ccccc1)C(=O)CN(c1cccc(OC)c1)S(C)(=O)=O. The zero-order valence-corrected chi connectivity index (χ0v) is 20.6. The average molecular weight is 476 g/mol. The molecular weight excluding hydrogens is 442 g/mol. The van der Waals surface area contributed by atoms with Crippen molar-refractivity contribution in [2.75, 3.05) is 24.2 Å². The first-order chi connectivity index (χ1) is 15.6. The Hall–Kier alpha value is -3.07. The molecule has 9 heteroatoms. The number of anilines is 1. The number of nitrogens with one attached hydrogen (secondary N) is 1. The summed E-state index contributed by atoms with van der Waals surface area (Å²) in [4.78, 5) is 27.7. The van der Waals surface area contributed by atoms with Crippen molar-refractivity contribution in [1.82, 2.24) is 10.2 Å². The highest BCUT2D eigenvalue weighted by molar-refractivity contribution is 7.92. The number of ether oxygens (including phenoxy) is 1. The Bertz CT molecular complexity index is 1040. The van der Waals surface area contributed by atoms with Crippen LogP contribution in [0.2, 0.25) is 0 Å². The molecule has 0 saturated heterocycles. The molecule has 180 valence electrons. The van der Waals surface area contributed by atoms with E-state index in [0.717, 1.165) is 22.5 Å². The Morgan fingerprint density at radius 3 is 2.30 bits per heavy atom. The number of amides is 2. The number of methoxy groups -OCH3 is 1. The third-order valence-electron chi connectivity index (χ3n) is 5.38. The van der Waals surface area contributed by atoms with E-state index in [2.05, 4.69) is 5.32 Å². The fourth-order valence-electron chi connectivity index (χ4n) is 3.21. The van der Waals surface area contributed by atoms with Crippen LogP contribution in [0, 0.1) is 0 Å². The predicted molar refractivity (Wildman–Crippen MR) is 130 cm³/mol. The molecule has 2 aromatic carbocycles. The van der Waals surface area contributed by atoms with Gasteiger partial charge in [0.1, 0.15) is 18.3 Å². The van der Waals surface area contributed by atoms with E-state index in [0.29, 0.717) is 11.4 Å². The summed E-state index contributed by atoms with van der Waals surface area (Å²) in [7, 11) is -2.30. The summed E-state index contributed by atoms with van der Waals surface area (Å²) in [5.41, 5.74) is 1.14. The van der Waals surface area contributed by atoms with E-state index in [4.69, 9.17) is 4.74 Å². The van der Waals surface area contributed by atoms with Crippen LogP contribution in [0.5, 0.6) is 5.75 Å². The molecule has 0 aliphatic heterocycles. The minimum Gasteiger partial charge on any atom is -0.497 e. The van der Waals surface area contributed by atoms with Crippen LogP contribution in [-0.4, -0.2) is 57.1 Å². The van der Waals surface area contributed by atoms with Crippen LogP contribution in [0.1, 0.15) is 32.8 Å². The first-order valence-corrected chi connectivity index (χ1v) is 12.7. The molecule has 0 spiro atoms. The highest BCUT2D eigenvalue weighted by Gasteiger charge is 2.30. The van der Waals surface area contributed by atoms with E-state index in [9.17, 15) is 18.0 Å². The molecule has 0 fully saturated rings. The highest BCUT2D eigenvalue weighted by atomic mass is 32.2. The van der Waals surface area contributed by atoms with Gasteiger partial charge >= 0.3 is 0 Å². The zero-order chi connectivity index (χ0) is 24.6. The summed E-state index contributed by atoms with van der Waals surface area (Å²) in [6.07, 6.45) is 1.79. The molecule has 0 heterocycles. The van der Waals surface area contributed by atoms with Crippen LogP contribution in [0.15, 0.2) is 54.6 Å². The van der Waals surface area contributed by atoms with E-state index in [1.54, 1.807) is 31.2 Å². The van der Waals surface area contributed by atoms with Gasteiger partial charge < -0.3 is 15.0 Å². The number of hydrogen-bond acceptors (Lipinski definition) is 5. The molecule has 33 heavy (non-hydrogen) atoms. The van der Waals surface area contributed by atoms with Crippen LogP contribution < -0.4 is 14.4 Å². The van der Waals surface area contributed by atoms with Gasteiger partial charge in [-0.15, -0.1) is 0 Å².